The maximum atomic E-state index is 6.20. The number of rotatable bonds is 4. The highest BCUT2D eigenvalue weighted by Crippen LogP contribution is 2.39. The molecule has 18 heavy (non-hydrogen) atoms. The van der Waals surface area contributed by atoms with E-state index in [4.69, 9.17) is 17.3 Å². The van der Waals surface area contributed by atoms with Crippen molar-refractivity contribution in [1.82, 2.24) is 4.98 Å². The van der Waals surface area contributed by atoms with E-state index in [0.29, 0.717) is 6.54 Å². The van der Waals surface area contributed by atoms with Crippen LogP contribution in [0.25, 0.3) is 0 Å². The van der Waals surface area contributed by atoms with Gasteiger partial charge in [0, 0.05) is 27.5 Å². The summed E-state index contributed by atoms with van der Waals surface area (Å²) < 4.78 is 0.973. The SMILES string of the molecule is NCC(Sc1ncccc1Br)c1ccccc1Cl. The third-order valence-corrected chi connectivity index (χ3v) is 4.97. The summed E-state index contributed by atoms with van der Waals surface area (Å²) in [5.74, 6) is 0. The predicted octanol–water partition coefficient (Wildman–Crippen LogP) is 4.29. The first-order valence-electron chi connectivity index (χ1n) is 5.44. The second-order valence-corrected chi connectivity index (χ2v) is 6.11. The summed E-state index contributed by atoms with van der Waals surface area (Å²) in [6, 6.07) is 11.6. The van der Waals surface area contributed by atoms with E-state index in [1.165, 1.54) is 0 Å². The molecule has 5 heteroatoms. The number of pyridine rings is 1. The van der Waals surface area contributed by atoms with Crippen LogP contribution in [-0.2, 0) is 0 Å². The Kier molecular flexibility index (Phi) is 5.06. The van der Waals surface area contributed by atoms with E-state index in [0.717, 1.165) is 20.1 Å². The normalized spacial score (nSPS) is 12.4. The van der Waals surface area contributed by atoms with Crippen LogP contribution in [0.4, 0.5) is 0 Å². The standard InChI is InChI=1S/C13H12BrClN2S/c14-10-5-3-7-17-13(10)18-12(8-16)9-4-1-2-6-11(9)15/h1-7,12H,8,16H2. The van der Waals surface area contributed by atoms with E-state index < -0.39 is 0 Å². The van der Waals surface area contributed by atoms with Crippen LogP contribution in [0.15, 0.2) is 52.1 Å². The molecule has 1 atom stereocenters. The first-order valence-corrected chi connectivity index (χ1v) is 7.49. The number of halogens is 2. The minimum Gasteiger partial charge on any atom is -0.329 e. The molecule has 2 aromatic rings. The van der Waals surface area contributed by atoms with Crippen molar-refractivity contribution in [2.75, 3.05) is 6.54 Å². The fourth-order valence-electron chi connectivity index (χ4n) is 1.57. The Balaban J connectivity index is 2.26. The van der Waals surface area contributed by atoms with Gasteiger partial charge in [0.2, 0.25) is 0 Å². The van der Waals surface area contributed by atoms with Crippen molar-refractivity contribution in [1.29, 1.82) is 0 Å². The van der Waals surface area contributed by atoms with Gasteiger partial charge in [-0.15, -0.1) is 0 Å². The molecule has 0 aliphatic heterocycles. The van der Waals surface area contributed by atoms with E-state index >= 15 is 0 Å². The number of hydrogen-bond donors (Lipinski definition) is 1. The second kappa shape index (κ2) is 6.57. The highest BCUT2D eigenvalue weighted by Gasteiger charge is 2.16. The van der Waals surface area contributed by atoms with Gasteiger partial charge >= 0.3 is 0 Å². The Hall–Kier alpha value is -0.550. The Morgan fingerprint density at radius 3 is 2.72 bits per heavy atom. The van der Waals surface area contributed by atoms with Gasteiger partial charge < -0.3 is 5.73 Å². The zero-order valence-electron chi connectivity index (χ0n) is 9.51. The Labute approximate surface area is 124 Å². The van der Waals surface area contributed by atoms with Crippen LogP contribution in [0.2, 0.25) is 5.02 Å². The van der Waals surface area contributed by atoms with Gasteiger partial charge in [-0.3, -0.25) is 0 Å². The number of benzene rings is 1. The molecule has 2 nitrogen and oxygen atoms in total. The molecule has 0 aliphatic rings. The molecule has 0 saturated carbocycles. The van der Waals surface area contributed by atoms with Crippen LogP contribution < -0.4 is 5.73 Å². The van der Waals surface area contributed by atoms with Gasteiger partial charge in [-0.25, -0.2) is 4.98 Å². The second-order valence-electron chi connectivity index (χ2n) is 3.65. The summed E-state index contributed by atoms with van der Waals surface area (Å²) in [4.78, 5) is 4.34. The van der Waals surface area contributed by atoms with E-state index in [2.05, 4.69) is 20.9 Å². The number of aromatic nitrogens is 1. The summed E-state index contributed by atoms with van der Waals surface area (Å²) >= 11 is 11.3. The van der Waals surface area contributed by atoms with Gasteiger partial charge in [-0.2, -0.15) is 0 Å². The smallest absolute Gasteiger partial charge is 0.111 e. The molecule has 1 aromatic carbocycles. The zero-order valence-corrected chi connectivity index (χ0v) is 12.7. The molecule has 1 unspecified atom stereocenters. The lowest BCUT2D eigenvalue weighted by atomic mass is 10.1. The molecule has 2 N–H and O–H groups in total. The molecule has 0 aliphatic carbocycles. The minimum absolute atomic E-state index is 0.102. The number of nitrogens with zero attached hydrogens (tertiary/aromatic N) is 1. The monoisotopic (exact) mass is 342 g/mol. The molecule has 1 aromatic heterocycles. The lowest BCUT2D eigenvalue weighted by molar-refractivity contribution is 0.933. The van der Waals surface area contributed by atoms with Gasteiger partial charge in [-0.1, -0.05) is 41.6 Å². The first kappa shape index (κ1) is 13.9. The highest BCUT2D eigenvalue weighted by molar-refractivity contribution is 9.10. The fourth-order valence-corrected chi connectivity index (χ4v) is 3.44. The Bertz CT molecular complexity index is 536. The summed E-state index contributed by atoms with van der Waals surface area (Å²) in [5.41, 5.74) is 6.89. The lowest BCUT2D eigenvalue weighted by Crippen LogP contribution is -2.10. The molecule has 1 heterocycles. The van der Waals surface area contributed by atoms with Crippen molar-refractivity contribution in [2.24, 2.45) is 5.73 Å². The van der Waals surface area contributed by atoms with Gasteiger partial charge in [-0.05, 0) is 39.7 Å². The van der Waals surface area contributed by atoms with Crippen molar-refractivity contribution in [3.8, 4) is 0 Å². The van der Waals surface area contributed by atoms with E-state index in [-0.39, 0.29) is 5.25 Å². The lowest BCUT2D eigenvalue weighted by Gasteiger charge is -2.16. The number of hydrogen-bond acceptors (Lipinski definition) is 3. The molecule has 0 radical (unpaired) electrons. The van der Waals surface area contributed by atoms with E-state index in [1.54, 1.807) is 18.0 Å². The van der Waals surface area contributed by atoms with E-state index in [1.807, 2.05) is 36.4 Å². The summed E-state index contributed by atoms with van der Waals surface area (Å²) in [6.07, 6.45) is 1.77. The first-order chi connectivity index (χ1) is 8.72. The van der Waals surface area contributed by atoms with Crippen LogP contribution >= 0.6 is 39.3 Å². The minimum atomic E-state index is 0.102. The average Bonchev–Trinajstić information content (AvgIpc) is 2.39. The quantitative estimate of drug-likeness (QED) is 0.842. The molecule has 0 fully saturated rings. The molecule has 0 saturated heterocycles. The van der Waals surface area contributed by atoms with Gasteiger partial charge in [0.15, 0.2) is 0 Å². The van der Waals surface area contributed by atoms with Crippen molar-refractivity contribution in [2.45, 2.75) is 10.3 Å². The van der Waals surface area contributed by atoms with Crippen LogP contribution in [0.5, 0.6) is 0 Å². The maximum Gasteiger partial charge on any atom is 0.111 e. The molecule has 0 amide bonds. The molecule has 2 rings (SSSR count). The summed E-state index contributed by atoms with van der Waals surface area (Å²) in [6.45, 7) is 0.511. The van der Waals surface area contributed by atoms with Crippen molar-refractivity contribution < 1.29 is 0 Å². The van der Waals surface area contributed by atoms with Crippen LogP contribution in [0.3, 0.4) is 0 Å². The van der Waals surface area contributed by atoms with Crippen molar-refractivity contribution >= 4 is 39.3 Å². The summed E-state index contributed by atoms with van der Waals surface area (Å²) in [5, 5.41) is 1.77. The highest BCUT2D eigenvalue weighted by atomic mass is 79.9. The van der Waals surface area contributed by atoms with Gasteiger partial charge in [0.25, 0.3) is 0 Å². The summed E-state index contributed by atoms with van der Waals surface area (Å²) in [7, 11) is 0. The van der Waals surface area contributed by atoms with Crippen LogP contribution in [-0.4, -0.2) is 11.5 Å². The Morgan fingerprint density at radius 2 is 2.06 bits per heavy atom. The van der Waals surface area contributed by atoms with Gasteiger partial charge in [0.1, 0.15) is 5.03 Å². The number of thioether (sulfide) groups is 1. The van der Waals surface area contributed by atoms with Crippen LogP contribution in [0, 0.1) is 0 Å². The van der Waals surface area contributed by atoms with Crippen molar-refractivity contribution in [3.05, 3.63) is 57.7 Å². The molecular formula is C13H12BrClN2S. The Morgan fingerprint density at radius 1 is 1.28 bits per heavy atom. The molecule has 0 spiro atoms. The zero-order chi connectivity index (χ0) is 13.0. The molecular weight excluding hydrogens is 332 g/mol. The van der Waals surface area contributed by atoms with E-state index in [9.17, 15) is 0 Å². The topological polar surface area (TPSA) is 38.9 Å². The maximum absolute atomic E-state index is 6.20. The average molecular weight is 344 g/mol. The third-order valence-electron chi connectivity index (χ3n) is 2.44. The van der Waals surface area contributed by atoms with Gasteiger partial charge in [0.05, 0.1) is 0 Å². The van der Waals surface area contributed by atoms with Crippen LogP contribution in [0.1, 0.15) is 10.8 Å². The molecule has 94 valence electrons. The van der Waals surface area contributed by atoms with Crippen molar-refractivity contribution in [3.63, 3.8) is 0 Å². The molecule has 0 bridgehead atoms. The third kappa shape index (κ3) is 3.26. The number of nitrogens with two attached hydrogens (primary N) is 1. The fraction of sp³-hybridized carbons (Fsp3) is 0.154. The largest absolute Gasteiger partial charge is 0.329 e. The predicted molar refractivity (Wildman–Crippen MR) is 81.0 cm³/mol.